The van der Waals surface area contributed by atoms with Gasteiger partial charge in [0.15, 0.2) is 0 Å². The van der Waals surface area contributed by atoms with Crippen LogP contribution in [0.4, 0.5) is 0 Å². The van der Waals surface area contributed by atoms with Gasteiger partial charge in [0.2, 0.25) is 0 Å². The molecule has 126 valence electrons. The maximum Gasteiger partial charge on any atom is 0.270 e. The molecule has 2 aliphatic carbocycles. The summed E-state index contributed by atoms with van der Waals surface area (Å²) in [4.78, 5) is 29.0. The van der Waals surface area contributed by atoms with E-state index in [-0.39, 0.29) is 17.0 Å². The minimum absolute atomic E-state index is 0.0959. The summed E-state index contributed by atoms with van der Waals surface area (Å²) in [6.07, 6.45) is 9.46. The molecule has 2 heterocycles. The van der Waals surface area contributed by atoms with Gasteiger partial charge in [-0.25, -0.2) is 4.98 Å². The lowest BCUT2D eigenvalue weighted by molar-refractivity contribution is 0.0947. The molecule has 2 fully saturated rings. The van der Waals surface area contributed by atoms with Gasteiger partial charge in [-0.2, -0.15) is 0 Å². The number of fused-ring (bicyclic) bond motifs is 3. The molecule has 1 N–H and O–H groups in total. The van der Waals surface area contributed by atoms with Crippen LogP contribution in [0.1, 0.15) is 42.5 Å². The summed E-state index contributed by atoms with van der Waals surface area (Å²) in [5.41, 5.74) is 0.291. The Kier molecular flexibility index (Phi) is 4.16. The number of nitrogens with one attached hydrogen (secondary N) is 1. The largest absolute Gasteiger partial charge is 0.352 e. The van der Waals surface area contributed by atoms with Crippen LogP contribution in [0, 0.1) is 17.8 Å². The first-order valence-corrected chi connectivity index (χ1v) is 9.36. The molecule has 0 aliphatic heterocycles. The van der Waals surface area contributed by atoms with Crippen molar-refractivity contribution in [2.75, 3.05) is 6.54 Å². The maximum absolute atomic E-state index is 12.5. The fourth-order valence-electron chi connectivity index (χ4n) is 4.40. The number of aromatic nitrogens is 2. The number of hydrogen-bond acceptors (Lipinski definition) is 3. The molecular weight excluding hydrogens is 370 g/mol. The van der Waals surface area contributed by atoms with E-state index >= 15 is 0 Å². The third-order valence-corrected chi connectivity index (χ3v) is 6.06. The summed E-state index contributed by atoms with van der Waals surface area (Å²) in [6, 6.07) is 3.55. The second-order valence-electron chi connectivity index (χ2n) is 7.03. The SMILES string of the molecule is O=C(NCCC1CC2CCC1C2)c1cnc2ccc(Br)cn2c1=O. The van der Waals surface area contributed by atoms with E-state index in [0.29, 0.717) is 12.2 Å². The molecule has 24 heavy (non-hydrogen) atoms. The zero-order valence-corrected chi connectivity index (χ0v) is 15.0. The van der Waals surface area contributed by atoms with Gasteiger partial charge in [0.05, 0.1) is 0 Å². The second-order valence-corrected chi connectivity index (χ2v) is 7.95. The Morgan fingerprint density at radius 1 is 1.33 bits per heavy atom. The van der Waals surface area contributed by atoms with Gasteiger partial charge in [-0.05, 0) is 71.5 Å². The highest BCUT2D eigenvalue weighted by Crippen LogP contribution is 2.49. The van der Waals surface area contributed by atoms with E-state index < -0.39 is 0 Å². The quantitative estimate of drug-likeness (QED) is 0.873. The number of rotatable bonds is 4. The van der Waals surface area contributed by atoms with E-state index in [9.17, 15) is 9.59 Å². The van der Waals surface area contributed by atoms with Crippen molar-refractivity contribution in [3.05, 3.63) is 44.9 Å². The van der Waals surface area contributed by atoms with E-state index in [1.54, 1.807) is 12.3 Å². The lowest BCUT2D eigenvalue weighted by Crippen LogP contribution is -2.33. The van der Waals surface area contributed by atoms with Gasteiger partial charge in [0.1, 0.15) is 11.2 Å². The topological polar surface area (TPSA) is 63.5 Å². The molecule has 6 heteroatoms. The molecule has 3 atom stereocenters. The van der Waals surface area contributed by atoms with Crippen molar-refractivity contribution in [2.24, 2.45) is 17.8 Å². The number of halogens is 1. The molecule has 0 aromatic carbocycles. The van der Waals surface area contributed by atoms with Crippen LogP contribution in [-0.2, 0) is 0 Å². The molecule has 2 aliphatic rings. The lowest BCUT2D eigenvalue weighted by Gasteiger charge is -2.21. The summed E-state index contributed by atoms with van der Waals surface area (Å²) in [5.74, 6) is 2.20. The number of nitrogens with zero attached hydrogens (tertiary/aromatic N) is 2. The van der Waals surface area contributed by atoms with E-state index in [1.807, 2.05) is 6.07 Å². The average Bonchev–Trinajstić information content (AvgIpc) is 3.18. The van der Waals surface area contributed by atoms with Crippen LogP contribution in [0.2, 0.25) is 0 Å². The predicted molar refractivity (Wildman–Crippen MR) is 95.1 cm³/mol. The molecule has 2 aromatic heterocycles. The van der Waals surface area contributed by atoms with Crippen molar-refractivity contribution in [1.29, 1.82) is 0 Å². The smallest absolute Gasteiger partial charge is 0.270 e. The minimum Gasteiger partial charge on any atom is -0.352 e. The molecule has 0 spiro atoms. The number of pyridine rings is 1. The molecule has 0 radical (unpaired) electrons. The van der Waals surface area contributed by atoms with Crippen LogP contribution in [0.3, 0.4) is 0 Å². The van der Waals surface area contributed by atoms with Crippen LogP contribution < -0.4 is 10.9 Å². The Bertz CT molecular complexity index is 848. The molecule has 1 amide bonds. The summed E-state index contributed by atoms with van der Waals surface area (Å²) < 4.78 is 2.17. The fraction of sp³-hybridized carbons (Fsp3) is 0.500. The Morgan fingerprint density at radius 2 is 2.21 bits per heavy atom. The number of carbonyl (C=O) groups excluding carboxylic acids is 1. The Hall–Kier alpha value is -1.69. The van der Waals surface area contributed by atoms with Crippen molar-refractivity contribution in [1.82, 2.24) is 14.7 Å². The van der Waals surface area contributed by atoms with Crippen LogP contribution in [0.25, 0.3) is 5.65 Å². The highest BCUT2D eigenvalue weighted by atomic mass is 79.9. The predicted octanol–water partition coefficient (Wildman–Crippen LogP) is 3.01. The molecule has 0 saturated heterocycles. The van der Waals surface area contributed by atoms with E-state index in [0.717, 1.165) is 28.6 Å². The van der Waals surface area contributed by atoms with Gasteiger partial charge in [-0.15, -0.1) is 0 Å². The number of hydrogen-bond donors (Lipinski definition) is 1. The van der Waals surface area contributed by atoms with Gasteiger partial charge in [0, 0.05) is 23.4 Å². The van der Waals surface area contributed by atoms with Crippen molar-refractivity contribution >= 4 is 27.5 Å². The standard InChI is InChI=1S/C18H20BrN3O2/c19-14-3-4-16-21-9-15(18(24)22(16)10-14)17(23)20-6-5-13-8-11-1-2-12(13)7-11/h3-4,9-13H,1-2,5-8H2,(H,20,23). The molecular formula is C18H20BrN3O2. The third-order valence-electron chi connectivity index (χ3n) is 5.60. The first kappa shape index (κ1) is 15.8. The van der Waals surface area contributed by atoms with Crippen LogP contribution >= 0.6 is 15.9 Å². The van der Waals surface area contributed by atoms with Gasteiger partial charge in [-0.3, -0.25) is 14.0 Å². The summed E-state index contributed by atoms with van der Waals surface area (Å²) in [7, 11) is 0. The van der Waals surface area contributed by atoms with Crippen molar-refractivity contribution in [3.8, 4) is 0 Å². The van der Waals surface area contributed by atoms with E-state index in [4.69, 9.17) is 0 Å². The Morgan fingerprint density at radius 3 is 2.96 bits per heavy atom. The Labute approximate surface area is 148 Å². The van der Waals surface area contributed by atoms with Gasteiger partial charge in [-0.1, -0.05) is 6.42 Å². The van der Waals surface area contributed by atoms with E-state index in [1.165, 1.54) is 36.3 Å². The lowest BCUT2D eigenvalue weighted by atomic mass is 9.86. The summed E-state index contributed by atoms with van der Waals surface area (Å²) >= 11 is 3.34. The van der Waals surface area contributed by atoms with Crippen molar-refractivity contribution in [3.63, 3.8) is 0 Å². The van der Waals surface area contributed by atoms with Crippen LogP contribution in [0.15, 0.2) is 33.8 Å². The minimum atomic E-state index is -0.335. The molecule has 5 nitrogen and oxygen atoms in total. The number of amides is 1. The first-order chi connectivity index (χ1) is 11.6. The molecule has 2 bridgehead atoms. The molecule has 4 rings (SSSR count). The maximum atomic E-state index is 12.5. The van der Waals surface area contributed by atoms with Gasteiger partial charge < -0.3 is 5.32 Å². The summed E-state index contributed by atoms with van der Waals surface area (Å²) in [5, 5.41) is 2.90. The van der Waals surface area contributed by atoms with Gasteiger partial charge >= 0.3 is 0 Å². The normalized spacial score (nSPS) is 25.3. The number of carbonyl (C=O) groups is 1. The van der Waals surface area contributed by atoms with Crippen LogP contribution in [0.5, 0.6) is 0 Å². The zero-order chi connectivity index (χ0) is 16.7. The van der Waals surface area contributed by atoms with Crippen molar-refractivity contribution in [2.45, 2.75) is 32.1 Å². The van der Waals surface area contributed by atoms with Gasteiger partial charge in [0.25, 0.3) is 11.5 Å². The fourth-order valence-corrected chi connectivity index (χ4v) is 4.74. The first-order valence-electron chi connectivity index (χ1n) is 8.57. The monoisotopic (exact) mass is 389 g/mol. The molecule has 3 unspecified atom stereocenters. The average molecular weight is 390 g/mol. The second kappa shape index (κ2) is 6.31. The van der Waals surface area contributed by atoms with E-state index in [2.05, 4.69) is 26.2 Å². The molecule has 2 saturated carbocycles. The Balaban J connectivity index is 1.43. The van der Waals surface area contributed by atoms with Crippen LogP contribution in [-0.4, -0.2) is 21.8 Å². The summed E-state index contributed by atoms with van der Waals surface area (Å²) in [6.45, 7) is 0.632. The third kappa shape index (κ3) is 2.88. The highest BCUT2D eigenvalue weighted by Gasteiger charge is 2.38. The highest BCUT2D eigenvalue weighted by molar-refractivity contribution is 9.10. The molecule has 2 aromatic rings. The zero-order valence-electron chi connectivity index (χ0n) is 13.4. The van der Waals surface area contributed by atoms with Crippen molar-refractivity contribution < 1.29 is 4.79 Å².